The first kappa shape index (κ1) is 13.4. The Kier molecular flexibility index (Phi) is 4.87. The van der Waals surface area contributed by atoms with E-state index in [1.165, 1.54) is 51.5 Å². The third-order valence-corrected chi connectivity index (χ3v) is 4.80. The molecule has 2 aliphatic carbocycles. The predicted octanol–water partition coefficient (Wildman–Crippen LogP) is 2.89. The molecule has 0 aromatic carbocycles. The van der Waals surface area contributed by atoms with Crippen LogP contribution in [-0.4, -0.2) is 37.6 Å². The molecule has 0 spiro atoms. The maximum Gasteiger partial charge on any atom is 0.0248 e. The molecule has 3 unspecified atom stereocenters. The average molecular weight is 238 g/mol. The van der Waals surface area contributed by atoms with Gasteiger partial charge in [-0.2, -0.15) is 0 Å². The van der Waals surface area contributed by atoms with E-state index < -0.39 is 0 Å². The van der Waals surface area contributed by atoms with Crippen LogP contribution in [0.4, 0.5) is 0 Å². The number of hydrogen-bond donors (Lipinski definition) is 1. The molecule has 0 aromatic rings. The van der Waals surface area contributed by atoms with Crippen molar-refractivity contribution < 1.29 is 0 Å². The molecule has 2 heteroatoms. The molecule has 0 saturated heterocycles. The van der Waals surface area contributed by atoms with E-state index in [1.54, 1.807) is 0 Å². The molecule has 2 rings (SSSR count). The SMILES string of the molecule is CCCC1CCC(NC)C(N(C)CC2CC2)C1. The van der Waals surface area contributed by atoms with Gasteiger partial charge in [-0.1, -0.05) is 19.8 Å². The van der Waals surface area contributed by atoms with Gasteiger partial charge in [0, 0.05) is 18.6 Å². The van der Waals surface area contributed by atoms with Gasteiger partial charge in [-0.05, 0) is 58.0 Å². The molecule has 100 valence electrons. The van der Waals surface area contributed by atoms with Crippen LogP contribution in [0.5, 0.6) is 0 Å². The second-order valence-corrected chi connectivity index (χ2v) is 6.31. The van der Waals surface area contributed by atoms with Crippen LogP contribution in [0.1, 0.15) is 51.9 Å². The Morgan fingerprint density at radius 2 is 1.82 bits per heavy atom. The van der Waals surface area contributed by atoms with Crippen molar-refractivity contribution in [2.45, 2.75) is 64.0 Å². The van der Waals surface area contributed by atoms with Crippen LogP contribution in [0.25, 0.3) is 0 Å². The highest BCUT2D eigenvalue weighted by atomic mass is 15.2. The van der Waals surface area contributed by atoms with Gasteiger partial charge in [0.05, 0.1) is 0 Å². The van der Waals surface area contributed by atoms with Gasteiger partial charge < -0.3 is 10.2 Å². The molecule has 2 aliphatic rings. The summed E-state index contributed by atoms with van der Waals surface area (Å²) >= 11 is 0. The first-order chi connectivity index (χ1) is 8.24. The van der Waals surface area contributed by atoms with Gasteiger partial charge in [-0.25, -0.2) is 0 Å². The summed E-state index contributed by atoms with van der Waals surface area (Å²) in [6.45, 7) is 3.66. The minimum Gasteiger partial charge on any atom is -0.315 e. The van der Waals surface area contributed by atoms with Gasteiger partial charge in [0.15, 0.2) is 0 Å². The number of hydrogen-bond acceptors (Lipinski definition) is 2. The number of nitrogens with zero attached hydrogens (tertiary/aromatic N) is 1. The van der Waals surface area contributed by atoms with Gasteiger partial charge >= 0.3 is 0 Å². The van der Waals surface area contributed by atoms with E-state index in [0.29, 0.717) is 0 Å². The first-order valence-corrected chi connectivity index (χ1v) is 7.62. The van der Waals surface area contributed by atoms with Crippen LogP contribution in [-0.2, 0) is 0 Å². The lowest BCUT2D eigenvalue weighted by Gasteiger charge is -2.41. The summed E-state index contributed by atoms with van der Waals surface area (Å²) < 4.78 is 0. The molecular weight excluding hydrogens is 208 g/mol. The highest BCUT2D eigenvalue weighted by Gasteiger charge is 2.34. The van der Waals surface area contributed by atoms with E-state index in [2.05, 4.69) is 31.2 Å². The van der Waals surface area contributed by atoms with Crippen molar-refractivity contribution in [2.24, 2.45) is 11.8 Å². The lowest BCUT2D eigenvalue weighted by atomic mass is 9.79. The summed E-state index contributed by atoms with van der Waals surface area (Å²) in [5.74, 6) is 2.00. The normalized spacial score (nSPS) is 34.2. The Labute approximate surface area is 107 Å². The van der Waals surface area contributed by atoms with Crippen LogP contribution >= 0.6 is 0 Å². The van der Waals surface area contributed by atoms with Crippen molar-refractivity contribution in [3.05, 3.63) is 0 Å². The third-order valence-electron chi connectivity index (χ3n) is 4.80. The topological polar surface area (TPSA) is 15.3 Å². The molecule has 17 heavy (non-hydrogen) atoms. The zero-order valence-corrected chi connectivity index (χ0v) is 11.9. The lowest BCUT2D eigenvalue weighted by Crippen LogP contribution is -2.51. The quantitative estimate of drug-likeness (QED) is 0.765. The fourth-order valence-corrected chi connectivity index (χ4v) is 3.57. The van der Waals surface area contributed by atoms with Crippen molar-refractivity contribution in [3.8, 4) is 0 Å². The molecule has 0 bridgehead atoms. The van der Waals surface area contributed by atoms with E-state index in [0.717, 1.165) is 23.9 Å². The monoisotopic (exact) mass is 238 g/mol. The summed E-state index contributed by atoms with van der Waals surface area (Å²) in [7, 11) is 4.49. The molecule has 1 N–H and O–H groups in total. The fraction of sp³-hybridized carbons (Fsp3) is 1.00. The number of nitrogens with one attached hydrogen (secondary N) is 1. The highest BCUT2D eigenvalue weighted by molar-refractivity contribution is 4.91. The van der Waals surface area contributed by atoms with Gasteiger partial charge in [0.2, 0.25) is 0 Å². The second-order valence-electron chi connectivity index (χ2n) is 6.31. The van der Waals surface area contributed by atoms with E-state index >= 15 is 0 Å². The largest absolute Gasteiger partial charge is 0.315 e. The molecule has 0 aliphatic heterocycles. The Morgan fingerprint density at radius 1 is 1.12 bits per heavy atom. The Bertz CT molecular complexity index is 225. The zero-order valence-electron chi connectivity index (χ0n) is 11.9. The minimum absolute atomic E-state index is 0.729. The molecule has 2 nitrogen and oxygen atoms in total. The smallest absolute Gasteiger partial charge is 0.0248 e. The lowest BCUT2D eigenvalue weighted by molar-refractivity contribution is 0.115. The second kappa shape index (κ2) is 6.19. The van der Waals surface area contributed by atoms with Crippen molar-refractivity contribution in [3.63, 3.8) is 0 Å². The summed E-state index contributed by atoms with van der Waals surface area (Å²) in [4.78, 5) is 2.65. The maximum absolute atomic E-state index is 3.55. The summed E-state index contributed by atoms with van der Waals surface area (Å²) in [6.07, 6.45) is 9.97. The third kappa shape index (κ3) is 3.69. The van der Waals surface area contributed by atoms with E-state index in [4.69, 9.17) is 0 Å². The minimum atomic E-state index is 0.729. The molecular formula is C15H30N2. The first-order valence-electron chi connectivity index (χ1n) is 7.62. The van der Waals surface area contributed by atoms with Crippen LogP contribution in [0.2, 0.25) is 0 Å². The molecule has 0 amide bonds. The zero-order chi connectivity index (χ0) is 12.3. The maximum atomic E-state index is 3.55. The van der Waals surface area contributed by atoms with Crippen molar-refractivity contribution in [1.29, 1.82) is 0 Å². The van der Waals surface area contributed by atoms with Gasteiger partial charge in [-0.15, -0.1) is 0 Å². The van der Waals surface area contributed by atoms with Crippen LogP contribution in [0, 0.1) is 11.8 Å². The summed E-state index contributed by atoms with van der Waals surface area (Å²) in [6, 6.07) is 1.51. The van der Waals surface area contributed by atoms with Crippen LogP contribution in [0.3, 0.4) is 0 Å². The molecule has 3 atom stereocenters. The van der Waals surface area contributed by atoms with Gasteiger partial charge in [0.1, 0.15) is 0 Å². The van der Waals surface area contributed by atoms with E-state index in [1.807, 2.05) is 0 Å². The average Bonchev–Trinajstić information content (AvgIpc) is 3.13. The molecule has 0 radical (unpaired) electrons. The van der Waals surface area contributed by atoms with Gasteiger partial charge in [-0.3, -0.25) is 0 Å². The number of rotatable bonds is 6. The fourth-order valence-electron chi connectivity index (χ4n) is 3.57. The van der Waals surface area contributed by atoms with Crippen LogP contribution in [0.15, 0.2) is 0 Å². The van der Waals surface area contributed by atoms with Crippen molar-refractivity contribution >= 4 is 0 Å². The summed E-state index contributed by atoms with van der Waals surface area (Å²) in [5.41, 5.74) is 0. The molecule has 0 heterocycles. The standard InChI is InChI=1S/C15H30N2/c1-4-5-12-8-9-14(16-2)15(10-12)17(3)11-13-6-7-13/h12-16H,4-11H2,1-3H3. The molecule has 2 saturated carbocycles. The van der Waals surface area contributed by atoms with Crippen molar-refractivity contribution in [1.82, 2.24) is 10.2 Å². The van der Waals surface area contributed by atoms with Crippen molar-refractivity contribution in [2.75, 3.05) is 20.6 Å². The number of likely N-dealkylation sites (N-methyl/N-ethyl adjacent to an activating group) is 2. The Morgan fingerprint density at radius 3 is 2.41 bits per heavy atom. The Hall–Kier alpha value is -0.0800. The van der Waals surface area contributed by atoms with Crippen LogP contribution < -0.4 is 5.32 Å². The summed E-state index contributed by atoms with van der Waals surface area (Å²) in [5, 5.41) is 3.55. The van der Waals surface area contributed by atoms with E-state index in [-0.39, 0.29) is 0 Å². The highest BCUT2D eigenvalue weighted by Crippen LogP contribution is 2.34. The molecule has 2 fully saturated rings. The Balaban J connectivity index is 1.88. The molecule has 0 aromatic heterocycles. The van der Waals surface area contributed by atoms with E-state index in [9.17, 15) is 0 Å². The van der Waals surface area contributed by atoms with Gasteiger partial charge in [0.25, 0.3) is 0 Å². The predicted molar refractivity (Wildman–Crippen MR) is 74.2 cm³/mol.